The SMILES string of the molecule is C=C(CS)COCCc1cccs1. The summed E-state index contributed by atoms with van der Waals surface area (Å²) in [6.45, 7) is 5.21. The number of hydrogen-bond acceptors (Lipinski definition) is 3. The summed E-state index contributed by atoms with van der Waals surface area (Å²) >= 11 is 5.87. The zero-order valence-electron chi connectivity index (χ0n) is 7.53. The zero-order valence-corrected chi connectivity index (χ0v) is 9.24. The van der Waals surface area contributed by atoms with Crippen molar-refractivity contribution in [2.45, 2.75) is 6.42 Å². The lowest BCUT2D eigenvalue weighted by molar-refractivity contribution is 0.160. The fraction of sp³-hybridized carbons (Fsp3) is 0.400. The van der Waals surface area contributed by atoms with E-state index in [1.807, 2.05) is 0 Å². The predicted octanol–water partition coefficient (Wildman–Crippen LogP) is 2.79. The van der Waals surface area contributed by atoms with Crippen LogP contribution in [0.1, 0.15) is 4.88 Å². The van der Waals surface area contributed by atoms with Gasteiger partial charge in [0.2, 0.25) is 0 Å². The van der Waals surface area contributed by atoms with Gasteiger partial charge in [0.1, 0.15) is 0 Å². The van der Waals surface area contributed by atoms with E-state index in [-0.39, 0.29) is 0 Å². The molecule has 0 aliphatic heterocycles. The molecule has 13 heavy (non-hydrogen) atoms. The first-order chi connectivity index (χ1) is 6.33. The van der Waals surface area contributed by atoms with Gasteiger partial charge in [-0.2, -0.15) is 12.6 Å². The Morgan fingerprint density at radius 1 is 1.62 bits per heavy atom. The number of thiophene rings is 1. The van der Waals surface area contributed by atoms with E-state index >= 15 is 0 Å². The Bertz CT molecular complexity index is 241. The molecule has 0 aliphatic rings. The molecule has 0 aromatic carbocycles. The van der Waals surface area contributed by atoms with Gasteiger partial charge in [0.25, 0.3) is 0 Å². The molecule has 0 saturated carbocycles. The van der Waals surface area contributed by atoms with E-state index < -0.39 is 0 Å². The summed E-state index contributed by atoms with van der Waals surface area (Å²) in [5, 5.41) is 2.09. The summed E-state index contributed by atoms with van der Waals surface area (Å²) in [6.07, 6.45) is 0.998. The summed E-state index contributed by atoms with van der Waals surface area (Å²) in [6, 6.07) is 4.19. The van der Waals surface area contributed by atoms with Gasteiger partial charge in [-0.05, 0) is 17.0 Å². The van der Waals surface area contributed by atoms with Crippen molar-refractivity contribution >= 4 is 24.0 Å². The Labute approximate surface area is 88.8 Å². The van der Waals surface area contributed by atoms with Gasteiger partial charge >= 0.3 is 0 Å². The Morgan fingerprint density at radius 3 is 3.08 bits per heavy atom. The zero-order chi connectivity index (χ0) is 9.52. The molecule has 1 heterocycles. The van der Waals surface area contributed by atoms with Crippen LogP contribution in [0.15, 0.2) is 29.7 Å². The molecule has 1 rings (SSSR count). The molecule has 1 nitrogen and oxygen atoms in total. The predicted molar refractivity (Wildman–Crippen MR) is 61.8 cm³/mol. The topological polar surface area (TPSA) is 9.23 Å². The maximum absolute atomic E-state index is 5.42. The molecule has 0 saturated heterocycles. The van der Waals surface area contributed by atoms with Crippen LogP contribution in [0.5, 0.6) is 0 Å². The molecule has 3 heteroatoms. The molecule has 0 unspecified atom stereocenters. The van der Waals surface area contributed by atoms with Gasteiger partial charge in [-0.15, -0.1) is 11.3 Å². The number of ether oxygens (including phenoxy) is 1. The van der Waals surface area contributed by atoms with Crippen molar-refractivity contribution in [3.8, 4) is 0 Å². The second-order valence-corrected chi connectivity index (χ2v) is 4.14. The van der Waals surface area contributed by atoms with Gasteiger partial charge in [-0.1, -0.05) is 12.6 Å². The normalized spacial score (nSPS) is 10.2. The van der Waals surface area contributed by atoms with Gasteiger partial charge in [0, 0.05) is 17.1 Å². The number of hydrogen-bond donors (Lipinski definition) is 1. The number of thiol groups is 1. The van der Waals surface area contributed by atoms with E-state index in [1.54, 1.807) is 11.3 Å². The van der Waals surface area contributed by atoms with Crippen LogP contribution in [0.3, 0.4) is 0 Å². The molecule has 0 bridgehead atoms. The van der Waals surface area contributed by atoms with Crippen molar-refractivity contribution in [1.82, 2.24) is 0 Å². The Hall–Kier alpha value is -0.250. The monoisotopic (exact) mass is 214 g/mol. The molecule has 0 amide bonds. The van der Waals surface area contributed by atoms with Crippen LogP contribution in [0, 0.1) is 0 Å². The van der Waals surface area contributed by atoms with E-state index in [0.717, 1.165) is 18.6 Å². The van der Waals surface area contributed by atoms with Gasteiger partial charge in [0.15, 0.2) is 0 Å². The molecule has 0 atom stereocenters. The summed E-state index contributed by atoms with van der Waals surface area (Å²) in [5.41, 5.74) is 1.04. The lowest BCUT2D eigenvalue weighted by Gasteiger charge is -2.03. The third-order valence-corrected chi connectivity index (χ3v) is 2.99. The molecule has 0 fully saturated rings. The van der Waals surface area contributed by atoms with Crippen LogP contribution in [-0.2, 0) is 11.2 Å². The van der Waals surface area contributed by atoms with Crippen molar-refractivity contribution in [1.29, 1.82) is 0 Å². The number of rotatable bonds is 6. The maximum Gasteiger partial charge on any atom is 0.0682 e. The summed E-state index contributed by atoms with van der Waals surface area (Å²) in [4.78, 5) is 1.37. The van der Waals surface area contributed by atoms with Crippen molar-refractivity contribution in [3.63, 3.8) is 0 Å². The minimum absolute atomic E-state index is 0.634. The fourth-order valence-corrected chi connectivity index (χ4v) is 1.67. The van der Waals surface area contributed by atoms with Gasteiger partial charge in [0.05, 0.1) is 13.2 Å². The fourth-order valence-electron chi connectivity index (χ4n) is 0.890. The highest BCUT2D eigenvalue weighted by atomic mass is 32.1. The highest BCUT2D eigenvalue weighted by molar-refractivity contribution is 7.80. The van der Waals surface area contributed by atoms with E-state index in [4.69, 9.17) is 4.74 Å². The standard InChI is InChI=1S/C10H14OS2/c1-9(8-12)7-11-5-4-10-3-2-6-13-10/h2-3,6,12H,1,4-5,7-8H2. The van der Waals surface area contributed by atoms with Crippen LogP contribution < -0.4 is 0 Å². The Morgan fingerprint density at radius 2 is 2.46 bits per heavy atom. The Balaban J connectivity index is 2.05. The summed E-state index contributed by atoms with van der Waals surface area (Å²) in [5.74, 6) is 0.707. The van der Waals surface area contributed by atoms with Gasteiger partial charge in [-0.3, -0.25) is 0 Å². The lowest BCUT2D eigenvalue weighted by atomic mass is 10.3. The lowest BCUT2D eigenvalue weighted by Crippen LogP contribution is -2.01. The summed E-state index contributed by atoms with van der Waals surface area (Å²) < 4.78 is 5.42. The van der Waals surface area contributed by atoms with Gasteiger partial charge in [-0.25, -0.2) is 0 Å². The molecule has 1 aromatic heterocycles. The van der Waals surface area contributed by atoms with Crippen LogP contribution in [0.25, 0.3) is 0 Å². The third-order valence-electron chi connectivity index (χ3n) is 1.60. The minimum Gasteiger partial charge on any atom is -0.377 e. The summed E-state index contributed by atoms with van der Waals surface area (Å²) in [7, 11) is 0. The van der Waals surface area contributed by atoms with E-state index in [2.05, 4.69) is 36.7 Å². The molecular formula is C10H14OS2. The first-order valence-electron chi connectivity index (χ1n) is 4.20. The molecular weight excluding hydrogens is 200 g/mol. The van der Waals surface area contributed by atoms with Crippen molar-refractivity contribution < 1.29 is 4.74 Å². The molecule has 72 valence electrons. The Kier molecular flexibility index (Phi) is 5.20. The van der Waals surface area contributed by atoms with Crippen molar-refractivity contribution in [3.05, 3.63) is 34.5 Å². The van der Waals surface area contributed by atoms with Crippen molar-refractivity contribution in [2.75, 3.05) is 19.0 Å². The van der Waals surface area contributed by atoms with Crippen LogP contribution >= 0.6 is 24.0 Å². The minimum atomic E-state index is 0.634. The highest BCUT2D eigenvalue weighted by Crippen LogP contribution is 2.09. The largest absolute Gasteiger partial charge is 0.377 e. The average molecular weight is 214 g/mol. The molecule has 0 spiro atoms. The third kappa shape index (κ3) is 4.50. The second kappa shape index (κ2) is 6.24. The van der Waals surface area contributed by atoms with Crippen LogP contribution in [-0.4, -0.2) is 19.0 Å². The smallest absolute Gasteiger partial charge is 0.0682 e. The molecule has 0 aliphatic carbocycles. The second-order valence-electron chi connectivity index (χ2n) is 2.79. The quantitative estimate of drug-likeness (QED) is 0.435. The highest BCUT2D eigenvalue weighted by Gasteiger charge is 1.94. The first-order valence-corrected chi connectivity index (χ1v) is 5.72. The van der Waals surface area contributed by atoms with E-state index in [0.29, 0.717) is 12.4 Å². The van der Waals surface area contributed by atoms with E-state index in [1.165, 1.54) is 4.88 Å². The molecule has 1 aromatic rings. The average Bonchev–Trinajstić information content (AvgIpc) is 2.64. The maximum atomic E-state index is 5.42. The van der Waals surface area contributed by atoms with E-state index in [9.17, 15) is 0 Å². The molecule has 0 radical (unpaired) electrons. The van der Waals surface area contributed by atoms with Gasteiger partial charge < -0.3 is 4.74 Å². The van der Waals surface area contributed by atoms with Crippen molar-refractivity contribution in [2.24, 2.45) is 0 Å². The van der Waals surface area contributed by atoms with Crippen LogP contribution in [0.2, 0.25) is 0 Å². The van der Waals surface area contributed by atoms with Crippen LogP contribution in [0.4, 0.5) is 0 Å². The molecule has 0 N–H and O–H groups in total. The first kappa shape index (κ1) is 10.8.